The van der Waals surface area contributed by atoms with E-state index >= 15 is 0 Å². The molecule has 0 bridgehead atoms. The lowest BCUT2D eigenvalue weighted by molar-refractivity contribution is 0.565. The van der Waals surface area contributed by atoms with Gasteiger partial charge in [0.05, 0.1) is 0 Å². The standard InChI is InChI=1S/C17H25N.2C16H24/c1-12-14-8-6-10-18-9-5-7-13(16(14)18)11-15(12)17(2,3)4;1-11-7-6-8-13-10-15(16(3,4)5)12(2)9-14(11)13;1-11-7-6-8-14-12(2)15(16(3,4)5)10-9-13(11)14/h11H,5-10H2,1-4H3;2*9-11H,6-8H2,1-5H3. The molecule has 7 rings (SSSR count). The van der Waals surface area contributed by atoms with Crippen LogP contribution in [0.3, 0.4) is 0 Å². The highest BCUT2D eigenvalue weighted by Crippen LogP contribution is 2.42. The van der Waals surface area contributed by atoms with Crippen molar-refractivity contribution in [3.05, 3.63) is 97.1 Å². The summed E-state index contributed by atoms with van der Waals surface area (Å²) in [5.41, 5.74) is 21.4. The summed E-state index contributed by atoms with van der Waals surface area (Å²) in [7, 11) is 0. The van der Waals surface area contributed by atoms with Gasteiger partial charge in [-0.05, 0) is 180 Å². The largest absolute Gasteiger partial charge is 0.371 e. The molecule has 0 spiro atoms. The number of anilines is 1. The Kier molecular flexibility index (Phi) is 11.5. The van der Waals surface area contributed by atoms with Crippen molar-refractivity contribution >= 4 is 5.69 Å². The Morgan fingerprint density at radius 1 is 0.520 bits per heavy atom. The molecule has 2 aliphatic carbocycles. The van der Waals surface area contributed by atoms with E-state index in [-0.39, 0.29) is 16.2 Å². The second-order valence-corrected chi connectivity index (χ2v) is 19.7. The van der Waals surface area contributed by atoms with Gasteiger partial charge in [-0.25, -0.2) is 0 Å². The molecule has 50 heavy (non-hydrogen) atoms. The van der Waals surface area contributed by atoms with E-state index in [1.807, 2.05) is 0 Å². The van der Waals surface area contributed by atoms with Gasteiger partial charge in [0.25, 0.3) is 0 Å². The lowest BCUT2D eigenvalue weighted by atomic mass is 9.76. The molecule has 0 fully saturated rings. The van der Waals surface area contributed by atoms with Crippen LogP contribution in [0.1, 0.15) is 193 Å². The molecule has 0 N–H and O–H groups in total. The van der Waals surface area contributed by atoms with E-state index in [4.69, 9.17) is 0 Å². The molecule has 0 amide bonds. The van der Waals surface area contributed by atoms with E-state index in [0.29, 0.717) is 0 Å². The zero-order chi connectivity index (χ0) is 36.8. The maximum atomic E-state index is 2.64. The average Bonchev–Trinajstić information content (AvgIpc) is 3.02. The third-order valence-corrected chi connectivity index (χ3v) is 12.6. The lowest BCUT2D eigenvalue weighted by Gasteiger charge is -2.39. The van der Waals surface area contributed by atoms with Gasteiger partial charge in [-0.2, -0.15) is 0 Å². The molecule has 0 saturated carbocycles. The van der Waals surface area contributed by atoms with Crippen molar-refractivity contribution in [2.75, 3.05) is 18.0 Å². The van der Waals surface area contributed by atoms with Crippen LogP contribution in [0.2, 0.25) is 0 Å². The van der Waals surface area contributed by atoms with Crippen molar-refractivity contribution < 1.29 is 0 Å². The second-order valence-electron chi connectivity index (χ2n) is 19.7. The van der Waals surface area contributed by atoms with Gasteiger partial charge in [0.2, 0.25) is 0 Å². The van der Waals surface area contributed by atoms with Crippen LogP contribution in [0.15, 0.2) is 30.3 Å². The number of fused-ring (bicyclic) bond motifs is 2. The lowest BCUT2D eigenvalue weighted by Crippen LogP contribution is -2.35. The Hall–Kier alpha value is -2.54. The van der Waals surface area contributed by atoms with E-state index < -0.39 is 0 Å². The van der Waals surface area contributed by atoms with Crippen LogP contribution in [-0.2, 0) is 41.9 Å². The van der Waals surface area contributed by atoms with E-state index in [1.54, 1.807) is 55.8 Å². The fraction of sp³-hybridized carbons (Fsp3) is 0.633. The molecule has 1 nitrogen and oxygen atoms in total. The number of rotatable bonds is 0. The van der Waals surface area contributed by atoms with Crippen LogP contribution in [-0.4, -0.2) is 13.1 Å². The highest BCUT2D eigenvalue weighted by molar-refractivity contribution is 5.67. The second kappa shape index (κ2) is 14.8. The predicted octanol–water partition coefficient (Wildman–Crippen LogP) is 13.5. The van der Waals surface area contributed by atoms with E-state index in [1.165, 1.54) is 94.0 Å². The van der Waals surface area contributed by atoms with Crippen LogP contribution < -0.4 is 4.90 Å². The van der Waals surface area contributed by atoms with Gasteiger partial charge in [-0.15, -0.1) is 0 Å². The fourth-order valence-electron chi connectivity index (χ4n) is 9.93. The van der Waals surface area contributed by atoms with Crippen molar-refractivity contribution in [3.63, 3.8) is 0 Å². The molecule has 0 radical (unpaired) electrons. The molecular weight excluding hydrogens is 603 g/mol. The Balaban J connectivity index is 0.000000146. The summed E-state index contributed by atoms with van der Waals surface area (Å²) in [5, 5.41) is 0. The highest BCUT2D eigenvalue weighted by Gasteiger charge is 2.29. The molecule has 0 saturated heterocycles. The summed E-state index contributed by atoms with van der Waals surface area (Å²) < 4.78 is 0. The molecule has 3 aromatic rings. The summed E-state index contributed by atoms with van der Waals surface area (Å²) in [6.07, 6.45) is 13.3. The Morgan fingerprint density at radius 2 is 1.02 bits per heavy atom. The van der Waals surface area contributed by atoms with Crippen molar-refractivity contribution in [1.29, 1.82) is 0 Å². The quantitative estimate of drug-likeness (QED) is 0.229. The first-order chi connectivity index (χ1) is 23.3. The first-order valence-electron chi connectivity index (χ1n) is 20.5. The maximum Gasteiger partial charge on any atom is 0.0434 e. The molecule has 0 aromatic heterocycles. The zero-order valence-electron chi connectivity index (χ0n) is 35.0. The number of hydrogen-bond acceptors (Lipinski definition) is 1. The van der Waals surface area contributed by atoms with E-state index in [0.717, 1.165) is 11.8 Å². The van der Waals surface area contributed by atoms with Crippen molar-refractivity contribution in [3.8, 4) is 0 Å². The van der Waals surface area contributed by atoms with Crippen LogP contribution in [0.5, 0.6) is 0 Å². The third kappa shape index (κ3) is 8.24. The van der Waals surface area contributed by atoms with Crippen molar-refractivity contribution in [2.24, 2.45) is 0 Å². The van der Waals surface area contributed by atoms with Gasteiger partial charge in [0, 0.05) is 18.8 Å². The van der Waals surface area contributed by atoms with Gasteiger partial charge in [0.1, 0.15) is 0 Å². The topological polar surface area (TPSA) is 3.24 Å². The number of benzene rings is 3. The molecule has 3 aromatic carbocycles. The molecule has 2 atom stereocenters. The highest BCUT2D eigenvalue weighted by atomic mass is 15.1. The molecule has 2 heterocycles. The zero-order valence-corrected chi connectivity index (χ0v) is 35.0. The minimum absolute atomic E-state index is 0.273. The smallest absolute Gasteiger partial charge is 0.0434 e. The van der Waals surface area contributed by atoms with Crippen molar-refractivity contribution in [2.45, 2.75) is 189 Å². The van der Waals surface area contributed by atoms with Gasteiger partial charge < -0.3 is 4.90 Å². The minimum atomic E-state index is 0.273. The predicted molar refractivity (Wildman–Crippen MR) is 221 cm³/mol. The van der Waals surface area contributed by atoms with Crippen molar-refractivity contribution in [1.82, 2.24) is 0 Å². The SMILES string of the molecule is Cc1c(C(C)(C)C)cc2c3c1CCCN3CCC2.Cc1c(C(C)(C)C)ccc2c1CCCC2C.Cc1cc2c(cc1C(C)(C)C)CCCC2C. The molecule has 274 valence electrons. The number of hydrogen-bond donors (Lipinski definition) is 0. The molecule has 1 heteroatoms. The molecule has 2 aliphatic heterocycles. The number of nitrogens with zero attached hydrogens (tertiary/aromatic N) is 1. The van der Waals surface area contributed by atoms with Gasteiger partial charge in [-0.3, -0.25) is 0 Å². The van der Waals surface area contributed by atoms with Crippen LogP contribution in [0.25, 0.3) is 0 Å². The van der Waals surface area contributed by atoms with Gasteiger partial charge in [0.15, 0.2) is 0 Å². The molecular formula is C49H73N. The first-order valence-corrected chi connectivity index (χ1v) is 20.5. The van der Waals surface area contributed by atoms with Crippen LogP contribution in [0, 0.1) is 20.8 Å². The normalized spacial score (nSPS) is 20.0. The molecule has 2 unspecified atom stereocenters. The molecule has 4 aliphatic rings. The van der Waals surface area contributed by atoms with E-state index in [2.05, 4.69) is 132 Å². The Bertz CT molecular complexity index is 1640. The summed E-state index contributed by atoms with van der Waals surface area (Å²) >= 11 is 0. The van der Waals surface area contributed by atoms with Gasteiger partial charge in [-0.1, -0.05) is 106 Å². The van der Waals surface area contributed by atoms with Gasteiger partial charge >= 0.3 is 0 Å². The monoisotopic (exact) mass is 676 g/mol. The first kappa shape index (κ1) is 38.7. The minimum Gasteiger partial charge on any atom is -0.371 e. The van der Waals surface area contributed by atoms with Crippen LogP contribution in [0.4, 0.5) is 5.69 Å². The summed E-state index contributed by atoms with van der Waals surface area (Å²) in [5.74, 6) is 1.52. The summed E-state index contributed by atoms with van der Waals surface area (Å²) in [4.78, 5) is 2.64. The Morgan fingerprint density at radius 3 is 1.64 bits per heavy atom. The van der Waals surface area contributed by atoms with E-state index in [9.17, 15) is 0 Å². The fourth-order valence-corrected chi connectivity index (χ4v) is 9.93. The maximum absolute atomic E-state index is 2.64. The Labute approximate surface area is 309 Å². The average molecular weight is 676 g/mol. The van der Waals surface area contributed by atoms with Crippen LogP contribution >= 0.6 is 0 Å². The third-order valence-electron chi connectivity index (χ3n) is 12.6. The summed E-state index contributed by atoms with van der Waals surface area (Å²) in [6.45, 7) is 35.1. The summed E-state index contributed by atoms with van der Waals surface area (Å²) in [6, 6.07) is 12.2. The number of aryl methyl sites for hydroxylation is 3.